The molecule has 0 bridgehead atoms. The summed E-state index contributed by atoms with van der Waals surface area (Å²) in [5.74, 6) is 0.718. The van der Waals surface area contributed by atoms with Gasteiger partial charge >= 0.3 is 0 Å². The van der Waals surface area contributed by atoms with E-state index in [1.165, 1.54) is 0 Å². The molecule has 172 valence electrons. The highest BCUT2D eigenvalue weighted by Crippen LogP contribution is 2.42. The van der Waals surface area contributed by atoms with Gasteiger partial charge in [-0.2, -0.15) is 0 Å². The summed E-state index contributed by atoms with van der Waals surface area (Å²) in [7, 11) is -3.77. The van der Waals surface area contributed by atoms with Crippen LogP contribution in [-0.2, 0) is 19.3 Å². The van der Waals surface area contributed by atoms with Crippen LogP contribution in [0.3, 0.4) is 0 Å². The highest BCUT2D eigenvalue weighted by atomic mass is 32.2. The lowest BCUT2D eigenvalue weighted by Gasteiger charge is -2.39. The maximum Gasteiger partial charge on any atom is 0.217 e. The van der Waals surface area contributed by atoms with Crippen molar-refractivity contribution in [1.29, 1.82) is 0 Å². The minimum atomic E-state index is -3.77. The number of nitrogens with one attached hydrogen (secondary N) is 1. The van der Waals surface area contributed by atoms with Crippen LogP contribution in [0.4, 0.5) is 5.69 Å². The molecule has 3 aliphatic heterocycles. The van der Waals surface area contributed by atoms with Crippen molar-refractivity contribution in [1.82, 2.24) is 0 Å². The molecule has 3 aliphatic rings. The molecule has 0 saturated carbocycles. The van der Waals surface area contributed by atoms with E-state index in [1.54, 1.807) is 30.5 Å². The van der Waals surface area contributed by atoms with Crippen LogP contribution in [0, 0.1) is 0 Å². The van der Waals surface area contributed by atoms with Gasteiger partial charge in [0.05, 0.1) is 35.2 Å². The smallest absolute Gasteiger partial charge is 0.217 e. The predicted octanol–water partition coefficient (Wildman–Crippen LogP) is 2.60. The fourth-order valence-corrected chi connectivity index (χ4v) is 6.34. The summed E-state index contributed by atoms with van der Waals surface area (Å²) in [6, 6.07) is 12.3. The lowest BCUT2D eigenvalue weighted by atomic mass is 10.0. The number of nitrogens with zero attached hydrogens (tertiary/aromatic N) is 1. The van der Waals surface area contributed by atoms with Gasteiger partial charge in [-0.25, -0.2) is 13.4 Å². The molecule has 8 nitrogen and oxygen atoms in total. The summed E-state index contributed by atoms with van der Waals surface area (Å²) < 4.78 is 50.8. The Balaban J connectivity index is 1.51. The van der Waals surface area contributed by atoms with Gasteiger partial charge in [-0.15, -0.1) is 0 Å². The van der Waals surface area contributed by atoms with Crippen molar-refractivity contribution >= 4 is 26.4 Å². The highest BCUT2D eigenvalue weighted by Gasteiger charge is 2.41. The first-order valence-corrected chi connectivity index (χ1v) is 12.7. The fourth-order valence-electron chi connectivity index (χ4n) is 4.86. The molecule has 9 heteroatoms. The van der Waals surface area contributed by atoms with Crippen LogP contribution < -0.4 is 19.4 Å². The van der Waals surface area contributed by atoms with E-state index in [9.17, 15) is 8.42 Å². The van der Waals surface area contributed by atoms with E-state index in [-0.39, 0.29) is 9.79 Å². The van der Waals surface area contributed by atoms with Gasteiger partial charge in [0, 0.05) is 32.0 Å². The third-order valence-electron chi connectivity index (χ3n) is 6.53. The molecule has 33 heavy (non-hydrogen) atoms. The van der Waals surface area contributed by atoms with E-state index < -0.39 is 15.6 Å². The van der Waals surface area contributed by atoms with Crippen LogP contribution >= 0.6 is 0 Å². The molecule has 1 aromatic heterocycles. The summed E-state index contributed by atoms with van der Waals surface area (Å²) in [5, 5.41) is 0.778. The van der Waals surface area contributed by atoms with Crippen LogP contribution in [0.25, 0.3) is 10.9 Å². The van der Waals surface area contributed by atoms with Gasteiger partial charge in [0.1, 0.15) is 13.2 Å². The van der Waals surface area contributed by atoms with Crippen LogP contribution in [0.15, 0.2) is 58.5 Å². The largest absolute Gasteiger partial charge is 0.486 e. The summed E-state index contributed by atoms with van der Waals surface area (Å²) in [4.78, 5) is 5.80. The monoisotopic (exact) mass is 469 g/mol. The number of H-pyrrole nitrogens is 1. The van der Waals surface area contributed by atoms with Crippen LogP contribution in [0.5, 0.6) is 11.5 Å². The number of sulfone groups is 1. The Morgan fingerprint density at radius 3 is 2.24 bits per heavy atom. The Hall–Kier alpha value is -2.88. The van der Waals surface area contributed by atoms with Crippen molar-refractivity contribution in [2.45, 2.75) is 28.4 Å². The van der Waals surface area contributed by atoms with Crippen LogP contribution in [0.2, 0.25) is 0 Å². The fraction of sp³-hybridized carbons (Fsp3) is 0.375. The number of ether oxygens (including phenoxy) is 4. The Bertz CT molecular complexity index is 1300. The number of piperidine rings is 1. The van der Waals surface area contributed by atoms with Crippen molar-refractivity contribution in [2.75, 3.05) is 44.4 Å². The Kier molecular flexibility index (Phi) is 4.93. The van der Waals surface area contributed by atoms with Crippen molar-refractivity contribution in [3.8, 4) is 11.5 Å². The second kappa shape index (κ2) is 7.86. The zero-order valence-corrected chi connectivity index (χ0v) is 18.9. The van der Waals surface area contributed by atoms with Crippen molar-refractivity contribution in [3.63, 3.8) is 0 Å². The number of rotatable bonds is 3. The second-order valence-electron chi connectivity index (χ2n) is 8.45. The molecule has 4 heterocycles. The van der Waals surface area contributed by atoms with Gasteiger partial charge in [-0.1, -0.05) is 18.2 Å². The van der Waals surface area contributed by atoms with E-state index in [4.69, 9.17) is 18.9 Å². The standard InChI is InChI=1S/C24H24N2O6S/c27-33(28,17-4-2-1-3-5-17)22-16-25-19-15-21-20(29-10-11-30-21)14-18(19)23(22)26-8-6-24(7-9-26)31-12-13-32-24/h1-5,14-16H,6-13H2/p+1. The molecule has 2 aromatic carbocycles. The molecule has 0 atom stereocenters. The number of aromatic amines is 1. The number of hydrogen-bond acceptors (Lipinski definition) is 7. The third kappa shape index (κ3) is 3.51. The normalized spacial score (nSPS) is 19.8. The first kappa shape index (κ1) is 20.7. The van der Waals surface area contributed by atoms with E-state index in [0.29, 0.717) is 69.5 Å². The Labute approximate surface area is 191 Å². The minimum absolute atomic E-state index is 0.238. The summed E-state index contributed by atoms with van der Waals surface area (Å²) in [5.41, 5.74) is 1.45. The van der Waals surface area contributed by atoms with Gasteiger partial charge in [0.25, 0.3) is 0 Å². The molecule has 0 aliphatic carbocycles. The number of aromatic nitrogens is 1. The van der Waals surface area contributed by atoms with Gasteiger partial charge in [0.15, 0.2) is 28.4 Å². The molecular weight excluding hydrogens is 444 g/mol. The molecule has 0 amide bonds. The summed E-state index contributed by atoms with van der Waals surface area (Å²) >= 11 is 0. The van der Waals surface area contributed by atoms with Crippen LogP contribution in [-0.4, -0.2) is 53.7 Å². The third-order valence-corrected chi connectivity index (χ3v) is 8.31. The molecule has 0 radical (unpaired) electrons. The number of fused-ring (bicyclic) bond motifs is 2. The van der Waals surface area contributed by atoms with Crippen molar-refractivity contribution in [2.24, 2.45) is 0 Å². The molecule has 1 N–H and O–H groups in total. The first-order chi connectivity index (χ1) is 16.1. The van der Waals surface area contributed by atoms with E-state index in [1.807, 2.05) is 18.2 Å². The second-order valence-corrected chi connectivity index (χ2v) is 10.4. The zero-order chi connectivity index (χ0) is 22.5. The zero-order valence-electron chi connectivity index (χ0n) is 18.1. The molecule has 2 saturated heterocycles. The maximum absolute atomic E-state index is 13.7. The molecule has 2 fully saturated rings. The number of benzene rings is 2. The average molecular weight is 470 g/mol. The van der Waals surface area contributed by atoms with E-state index in [2.05, 4.69) is 9.88 Å². The van der Waals surface area contributed by atoms with E-state index in [0.717, 1.165) is 10.9 Å². The van der Waals surface area contributed by atoms with Gasteiger partial charge in [-0.05, 0) is 12.1 Å². The van der Waals surface area contributed by atoms with Gasteiger partial charge in [-0.3, -0.25) is 0 Å². The minimum Gasteiger partial charge on any atom is -0.486 e. The Morgan fingerprint density at radius 1 is 0.879 bits per heavy atom. The average Bonchev–Trinajstić information content (AvgIpc) is 3.31. The van der Waals surface area contributed by atoms with Gasteiger partial charge in [0.2, 0.25) is 15.4 Å². The predicted molar refractivity (Wildman–Crippen MR) is 119 cm³/mol. The lowest BCUT2D eigenvalue weighted by molar-refractivity contribution is -0.347. The summed E-state index contributed by atoms with van der Waals surface area (Å²) in [6.07, 6.45) is 2.92. The topological polar surface area (TPSA) is 88.4 Å². The van der Waals surface area contributed by atoms with Crippen LogP contribution in [0.1, 0.15) is 12.8 Å². The number of anilines is 1. The number of pyridine rings is 1. The van der Waals surface area contributed by atoms with Gasteiger partial charge < -0.3 is 23.8 Å². The molecule has 6 rings (SSSR count). The Morgan fingerprint density at radius 2 is 1.55 bits per heavy atom. The quantitative estimate of drug-likeness (QED) is 0.583. The molecule has 1 spiro atoms. The number of hydrogen-bond donors (Lipinski definition) is 0. The summed E-state index contributed by atoms with van der Waals surface area (Å²) in [6.45, 7) is 3.37. The highest BCUT2D eigenvalue weighted by molar-refractivity contribution is 7.91. The molecular formula is C24H25N2O6S+. The first-order valence-electron chi connectivity index (χ1n) is 11.2. The lowest BCUT2D eigenvalue weighted by Crippen LogP contribution is -2.45. The SMILES string of the molecule is O=S(=O)(c1ccccc1)c1c[nH+]c2cc3c(cc2c1N1CCC2(CC1)OCCO2)OCCO3. The van der Waals surface area contributed by atoms with Crippen molar-refractivity contribution in [3.05, 3.63) is 48.7 Å². The maximum atomic E-state index is 13.7. The molecule has 3 aromatic rings. The molecule has 0 unspecified atom stereocenters. The van der Waals surface area contributed by atoms with Crippen molar-refractivity contribution < 1.29 is 32.3 Å². The van der Waals surface area contributed by atoms with E-state index >= 15 is 0 Å².